The highest BCUT2D eigenvalue weighted by Crippen LogP contribution is 2.32. The first-order valence-electron chi connectivity index (χ1n) is 6.18. The summed E-state index contributed by atoms with van der Waals surface area (Å²) < 4.78 is 36.2. The molecule has 0 amide bonds. The van der Waals surface area contributed by atoms with Gasteiger partial charge in [-0.1, -0.05) is 18.2 Å². The lowest BCUT2D eigenvalue weighted by Gasteiger charge is -1.95. The fraction of sp³-hybridized carbons (Fsp3) is 0.231. The van der Waals surface area contributed by atoms with Crippen molar-refractivity contribution in [2.75, 3.05) is 6.54 Å². The Morgan fingerprint density at radius 2 is 1.95 bits per heavy atom. The fourth-order valence-electron chi connectivity index (χ4n) is 1.78. The third kappa shape index (κ3) is 3.55. The first kappa shape index (κ1) is 16.2. The molecule has 1 aromatic carbocycles. The van der Waals surface area contributed by atoms with E-state index in [1.54, 1.807) is 11.3 Å². The molecule has 0 aliphatic carbocycles. The predicted molar refractivity (Wildman–Crippen MR) is 77.9 cm³/mol. The summed E-state index contributed by atoms with van der Waals surface area (Å²) in [6, 6.07) is 8.37. The number of aliphatic carboxylic acids is 1. The highest BCUT2D eigenvalue weighted by molar-refractivity contribution is 7.25. The monoisotopic (exact) mass is 331 g/mol. The number of thiophene rings is 1. The number of carboxylic acids is 1. The summed E-state index contributed by atoms with van der Waals surface area (Å²) in [5, 5.41) is 12.9. The molecule has 22 heavy (non-hydrogen) atoms. The highest BCUT2D eigenvalue weighted by atomic mass is 32.1. The zero-order chi connectivity index (χ0) is 16.3. The van der Waals surface area contributed by atoms with Crippen molar-refractivity contribution in [1.29, 1.82) is 0 Å². The largest absolute Gasteiger partial charge is 0.490 e. The molecular formula is C13H12F3N3O2S. The number of hydrogen-bond donors (Lipinski definition) is 2. The second kappa shape index (κ2) is 6.32. The minimum atomic E-state index is -5.08. The first-order valence-corrected chi connectivity index (χ1v) is 6.99. The Bertz CT molecular complexity index is 795. The summed E-state index contributed by atoms with van der Waals surface area (Å²) in [7, 11) is 0. The summed E-state index contributed by atoms with van der Waals surface area (Å²) in [5.41, 5.74) is 6.61. The number of hydrogen-bond acceptors (Lipinski definition) is 4. The maximum absolute atomic E-state index is 10.6. The Morgan fingerprint density at radius 3 is 2.55 bits per heavy atom. The Labute approximate surface area is 126 Å². The molecule has 0 aliphatic heterocycles. The van der Waals surface area contributed by atoms with Crippen LogP contribution in [0.4, 0.5) is 13.2 Å². The molecule has 0 saturated carbocycles. The first-order chi connectivity index (χ1) is 10.3. The van der Waals surface area contributed by atoms with Gasteiger partial charge in [0.15, 0.2) is 0 Å². The van der Waals surface area contributed by atoms with Gasteiger partial charge < -0.3 is 10.8 Å². The topological polar surface area (TPSA) is 81.1 Å². The van der Waals surface area contributed by atoms with Crippen molar-refractivity contribution >= 4 is 37.6 Å². The van der Waals surface area contributed by atoms with E-state index in [0.29, 0.717) is 6.54 Å². The molecule has 0 atom stereocenters. The number of rotatable bonds is 2. The lowest BCUT2D eigenvalue weighted by Crippen LogP contribution is -2.21. The van der Waals surface area contributed by atoms with Crippen molar-refractivity contribution in [3.63, 3.8) is 0 Å². The Kier molecular flexibility index (Phi) is 4.67. The molecule has 2 heterocycles. The Hall–Kier alpha value is -2.13. The molecule has 3 rings (SSSR count). The third-order valence-corrected chi connectivity index (χ3v) is 3.79. The average Bonchev–Trinajstić information content (AvgIpc) is 2.95. The van der Waals surface area contributed by atoms with Crippen molar-refractivity contribution in [1.82, 2.24) is 9.78 Å². The van der Waals surface area contributed by atoms with Gasteiger partial charge in [-0.15, -0.1) is 11.3 Å². The number of carbonyl (C=O) groups is 1. The van der Waals surface area contributed by atoms with Crippen LogP contribution in [0.2, 0.25) is 0 Å². The summed E-state index contributed by atoms with van der Waals surface area (Å²) in [6.07, 6.45) is -3.01. The molecule has 0 saturated heterocycles. The van der Waals surface area contributed by atoms with Gasteiger partial charge >= 0.3 is 12.1 Å². The van der Waals surface area contributed by atoms with E-state index in [0.717, 1.165) is 12.1 Å². The molecule has 9 heteroatoms. The number of aromatic nitrogens is 2. The normalized spacial score (nSPS) is 11.5. The van der Waals surface area contributed by atoms with E-state index in [1.807, 2.05) is 4.68 Å². The molecule has 3 aromatic rings. The molecule has 0 unspecified atom stereocenters. The molecule has 0 fully saturated rings. The van der Waals surface area contributed by atoms with E-state index in [4.69, 9.17) is 15.6 Å². The van der Waals surface area contributed by atoms with Crippen LogP contribution in [0.5, 0.6) is 0 Å². The van der Waals surface area contributed by atoms with Crippen molar-refractivity contribution in [2.45, 2.75) is 12.7 Å². The SMILES string of the molecule is NCCn1cc2sc3ccccc3c2n1.O=C(O)C(F)(F)F. The zero-order valence-corrected chi connectivity index (χ0v) is 12.0. The van der Waals surface area contributed by atoms with E-state index >= 15 is 0 Å². The number of benzene rings is 1. The Morgan fingerprint density at radius 1 is 1.32 bits per heavy atom. The van der Waals surface area contributed by atoms with Crippen LogP contribution in [-0.2, 0) is 11.3 Å². The quantitative estimate of drug-likeness (QED) is 0.756. The van der Waals surface area contributed by atoms with Gasteiger partial charge in [-0.2, -0.15) is 18.3 Å². The van der Waals surface area contributed by atoms with Crippen LogP contribution in [0.15, 0.2) is 30.5 Å². The van der Waals surface area contributed by atoms with Gasteiger partial charge in [0.25, 0.3) is 0 Å². The number of carboxylic acid groups (broad SMARTS) is 1. The second-order valence-corrected chi connectivity index (χ2v) is 5.38. The van der Waals surface area contributed by atoms with Gasteiger partial charge in [0.1, 0.15) is 5.52 Å². The highest BCUT2D eigenvalue weighted by Gasteiger charge is 2.38. The number of halogens is 3. The smallest absolute Gasteiger partial charge is 0.475 e. The lowest BCUT2D eigenvalue weighted by atomic mass is 10.2. The van der Waals surface area contributed by atoms with Crippen molar-refractivity contribution in [3.8, 4) is 0 Å². The lowest BCUT2D eigenvalue weighted by molar-refractivity contribution is -0.192. The van der Waals surface area contributed by atoms with Crippen LogP contribution in [0.25, 0.3) is 20.3 Å². The minimum absolute atomic E-state index is 0.632. The van der Waals surface area contributed by atoms with Crippen molar-refractivity contribution in [2.24, 2.45) is 5.73 Å². The standard InChI is InChI=1S/C11H11N3S.C2HF3O2/c12-5-6-14-7-10-11(13-14)8-3-1-2-4-9(8)15-10;3-2(4,5)1(6)7/h1-4,7H,5-6,12H2;(H,6,7). The van der Waals surface area contributed by atoms with E-state index in [9.17, 15) is 13.2 Å². The van der Waals surface area contributed by atoms with Crippen LogP contribution in [0, 0.1) is 0 Å². The molecule has 0 spiro atoms. The average molecular weight is 331 g/mol. The van der Waals surface area contributed by atoms with Gasteiger partial charge in [0.05, 0.1) is 11.2 Å². The van der Waals surface area contributed by atoms with E-state index in [-0.39, 0.29) is 0 Å². The van der Waals surface area contributed by atoms with Crippen LogP contribution in [0.3, 0.4) is 0 Å². The number of nitrogens with two attached hydrogens (primary N) is 1. The molecule has 0 bridgehead atoms. The van der Waals surface area contributed by atoms with Gasteiger partial charge in [0, 0.05) is 22.8 Å². The summed E-state index contributed by atoms with van der Waals surface area (Å²) in [5.74, 6) is -2.76. The van der Waals surface area contributed by atoms with E-state index in [2.05, 4.69) is 35.6 Å². The van der Waals surface area contributed by atoms with Crippen molar-refractivity contribution < 1.29 is 23.1 Å². The second-order valence-electron chi connectivity index (χ2n) is 4.29. The summed E-state index contributed by atoms with van der Waals surface area (Å²) >= 11 is 1.78. The van der Waals surface area contributed by atoms with Gasteiger partial charge in [-0.3, -0.25) is 4.68 Å². The number of alkyl halides is 3. The molecule has 0 aliphatic rings. The predicted octanol–water partition coefficient (Wildman–Crippen LogP) is 2.84. The maximum atomic E-state index is 10.6. The number of nitrogens with zero attached hydrogens (tertiary/aromatic N) is 2. The van der Waals surface area contributed by atoms with Gasteiger partial charge in [0.2, 0.25) is 0 Å². The molecule has 0 radical (unpaired) electrons. The van der Waals surface area contributed by atoms with Crippen molar-refractivity contribution in [3.05, 3.63) is 30.5 Å². The van der Waals surface area contributed by atoms with Crippen LogP contribution < -0.4 is 5.73 Å². The number of fused-ring (bicyclic) bond motifs is 3. The van der Waals surface area contributed by atoms with E-state index in [1.165, 1.54) is 14.8 Å². The summed E-state index contributed by atoms with van der Waals surface area (Å²) in [4.78, 5) is 8.90. The van der Waals surface area contributed by atoms with Crippen LogP contribution in [-0.4, -0.2) is 33.6 Å². The molecule has 118 valence electrons. The van der Waals surface area contributed by atoms with Crippen LogP contribution >= 0.6 is 11.3 Å². The fourth-order valence-corrected chi connectivity index (χ4v) is 2.86. The maximum Gasteiger partial charge on any atom is 0.490 e. The van der Waals surface area contributed by atoms with Gasteiger partial charge in [-0.25, -0.2) is 4.79 Å². The van der Waals surface area contributed by atoms with E-state index < -0.39 is 12.1 Å². The molecule has 3 N–H and O–H groups in total. The minimum Gasteiger partial charge on any atom is -0.475 e. The zero-order valence-electron chi connectivity index (χ0n) is 11.2. The van der Waals surface area contributed by atoms with Crippen LogP contribution in [0.1, 0.15) is 0 Å². The molecule has 5 nitrogen and oxygen atoms in total. The third-order valence-electron chi connectivity index (χ3n) is 2.69. The Balaban J connectivity index is 0.000000217. The summed E-state index contributed by atoms with van der Waals surface area (Å²) in [6.45, 7) is 1.42. The van der Waals surface area contributed by atoms with Gasteiger partial charge in [-0.05, 0) is 6.07 Å². The molecular weight excluding hydrogens is 319 g/mol. The molecule has 2 aromatic heterocycles.